The smallest absolute Gasteiger partial charge is 0.367 e. The molecule has 17 heavy (non-hydrogen) atoms. The standard InChI is InChI=1S/C11H13F3N2S/c12-11(13,14)8-3-4-10(15-6-8)16-9-2-1-5-17-7-9/h3-4,6,9H,1-2,5,7H2,(H,15,16). The average Bonchev–Trinajstić information content (AvgIpc) is 2.30. The van der Waals surface area contributed by atoms with Crippen molar-refractivity contribution in [1.29, 1.82) is 0 Å². The van der Waals surface area contributed by atoms with E-state index >= 15 is 0 Å². The third-order valence-electron chi connectivity index (χ3n) is 2.60. The first kappa shape index (κ1) is 12.5. The van der Waals surface area contributed by atoms with Crippen molar-refractivity contribution in [1.82, 2.24) is 4.98 Å². The maximum atomic E-state index is 12.3. The number of hydrogen-bond acceptors (Lipinski definition) is 3. The first-order chi connectivity index (χ1) is 8.05. The Hall–Kier alpha value is -0.910. The molecule has 0 bridgehead atoms. The zero-order valence-electron chi connectivity index (χ0n) is 9.13. The predicted octanol–water partition coefficient (Wildman–Crippen LogP) is 3.41. The zero-order valence-corrected chi connectivity index (χ0v) is 9.94. The largest absolute Gasteiger partial charge is 0.417 e. The molecule has 1 saturated heterocycles. The lowest BCUT2D eigenvalue weighted by molar-refractivity contribution is -0.137. The Morgan fingerprint density at radius 2 is 2.18 bits per heavy atom. The molecule has 6 heteroatoms. The second-order valence-electron chi connectivity index (χ2n) is 3.99. The van der Waals surface area contributed by atoms with Crippen molar-refractivity contribution in [3.05, 3.63) is 23.9 Å². The van der Waals surface area contributed by atoms with Gasteiger partial charge in [-0.3, -0.25) is 0 Å². The number of nitrogens with one attached hydrogen (secondary N) is 1. The lowest BCUT2D eigenvalue weighted by Gasteiger charge is -2.23. The van der Waals surface area contributed by atoms with E-state index in [1.165, 1.54) is 11.8 Å². The van der Waals surface area contributed by atoms with Gasteiger partial charge in [-0.05, 0) is 30.7 Å². The molecule has 1 atom stereocenters. The van der Waals surface area contributed by atoms with Gasteiger partial charge in [0.15, 0.2) is 0 Å². The molecule has 0 aliphatic carbocycles. The van der Waals surface area contributed by atoms with Gasteiger partial charge in [0.2, 0.25) is 0 Å². The highest BCUT2D eigenvalue weighted by Crippen LogP contribution is 2.29. The van der Waals surface area contributed by atoms with Crippen LogP contribution in [0, 0.1) is 0 Å². The summed E-state index contributed by atoms with van der Waals surface area (Å²) >= 11 is 1.86. The van der Waals surface area contributed by atoms with Crippen LogP contribution in [-0.4, -0.2) is 22.5 Å². The lowest BCUT2D eigenvalue weighted by atomic mass is 10.2. The fourth-order valence-electron chi connectivity index (χ4n) is 1.71. The Kier molecular flexibility index (Phi) is 3.81. The average molecular weight is 262 g/mol. The van der Waals surface area contributed by atoms with E-state index in [0.717, 1.165) is 30.9 Å². The summed E-state index contributed by atoms with van der Waals surface area (Å²) in [5, 5.41) is 3.16. The summed E-state index contributed by atoms with van der Waals surface area (Å²) in [7, 11) is 0. The number of aromatic nitrogens is 1. The van der Waals surface area contributed by atoms with Crippen LogP contribution < -0.4 is 5.32 Å². The molecule has 1 aromatic heterocycles. The van der Waals surface area contributed by atoms with Gasteiger partial charge in [-0.25, -0.2) is 4.98 Å². The minimum Gasteiger partial charge on any atom is -0.367 e. The lowest BCUT2D eigenvalue weighted by Crippen LogP contribution is -2.26. The van der Waals surface area contributed by atoms with E-state index in [4.69, 9.17) is 0 Å². The highest BCUT2D eigenvalue weighted by Gasteiger charge is 2.30. The number of alkyl halides is 3. The third kappa shape index (κ3) is 3.52. The summed E-state index contributed by atoms with van der Waals surface area (Å²) in [6.07, 6.45) is -1.25. The van der Waals surface area contributed by atoms with E-state index in [-0.39, 0.29) is 0 Å². The van der Waals surface area contributed by atoms with E-state index in [9.17, 15) is 13.2 Å². The number of pyridine rings is 1. The second kappa shape index (κ2) is 5.16. The molecule has 2 rings (SSSR count). The summed E-state index contributed by atoms with van der Waals surface area (Å²) in [6.45, 7) is 0. The van der Waals surface area contributed by atoms with Crippen LogP contribution in [0.1, 0.15) is 18.4 Å². The van der Waals surface area contributed by atoms with E-state index in [0.29, 0.717) is 11.9 Å². The fourth-order valence-corrected chi connectivity index (χ4v) is 2.78. The topological polar surface area (TPSA) is 24.9 Å². The normalized spacial score (nSPS) is 21.2. The SMILES string of the molecule is FC(F)(F)c1ccc(NC2CCCSC2)nc1. The minimum absolute atomic E-state index is 0.318. The number of anilines is 1. The molecule has 94 valence electrons. The van der Waals surface area contributed by atoms with E-state index in [1.807, 2.05) is 11.8 Å². The van der Waals surface area contributed by atoms with Gasteiger partial charge in [0.05, 0.1) is 5.56 Å². The quantitative estimate of drug-likeness (QED) is 0.884. The molecular formula is C11H13F3N2S. The number of thioether (sulfide) groups is 1. The third-order valence-corrected chi connectivity index (χ3v) is 3.82. The van der Waals surface area contributed by atoms with E-state index in [1.54, 1.807) is 0 Å². The van der Waals surface area contributed by atoms with Crippen LogP contribution in [0.15, 0.2) is 18.3 Å². The molecule has 2 heterocycles. The van der Waals surface area contributed by atoms with Gasteiger partial charge in [0.25, 0.3) is 0 Å². The van der Waals surface area contributed by atoms with Crippen LogP contribution in [0.2, 0.25) is 0 Å². The Morgan fingerprint density at radius 3 is 2.71 bits per heavy atom. The molecule has 2 nitrogen and oxygen atoms in total. The molecule has 0 radical (unpaired) electrons. The molecule has 0 spiro atoms. The van der Waals surface area contributed by atoms with Crippen molar-refractivity contribution in [2.75, 3.05) is 16.8 Å². The highest BCUT2D eigenvalue weighted by molar-refractivity contribution is 7.99. The van der Waals surface area contributed by atoms with Gasteiger partial charge in [-0.2, -0.15) is 24.9 Å². The van der Waals surface area contributed by atoms with Crippen molar-refractivity contribution in [2.24, 2.45) is 0 Å². The summed E-state index contributed by atoms with van der Waals surface area (Å²) in [6, 6.07) is 2.77. The molecule has 0 saturated carbocycles. The summed E-state index contributed by atoms with van der Waals surface area (Å²) < 4.78 is 36.9. The van der Waals surface area contributed by atoms with Gasteiger partial charge in [-0.15, -0.1) is 0 Å². The molecule has 1 aliphatic heterocycles. The van der Waals surface area contributed by atoms with Gasteiger partial charge in [-0.1, -0.05) is 0 Å². The van der Waals surface area contributed by atoms with Crippen LogP contribution in [0.25, 0.3) is 0 Å². The monoisotopic (exact) mass is 262 g/mol. The Balaban J connectivity index is 1.98. The predicted molar refractivity (Wildman–Crippen MR) is 63.2 cm³/mol. The molecule has 1 aromatic rings. The molecule has 0 amide bonds. The van der Waals surface area contributed by atoms with Gasteiger partial charge >= 0.3 is 6.18 Å². The second-order valence-corrected chi connectivity index (χ2v) is 5.14. The maximum absolute atomic E-state index is 12.3. The molecule has 1 N–H and O–H groups in total. The van der Waals surface area contributed by atoms with Gasteiger partial charge in [0, 0.05) is 18.0 Å². The zero-order chi connectivity index (χ0) is 12.3. The van der Waals surface area contributed by atoms with Crippen LogP contribution >= 0.6 is 11.8 Å². The molecular weight excluding hydrogens is 249 g/mol. The number of hydrogen-bond donors (Lipinski definition) is 1. The molecule has 0 aromatic carbocycles. The number of halogens is 3. The summed E-state index contributed by atoms with van der Waals surface area (Å²) in [5.41, 5.74) is -0.707. The fraction of sp³-hybridized carbons (Fsp3) is 0.545. The Bertz CT molecular complexity index is 358. The number of rotatable bonds is 2. The van der Waals surface area contributed by atoms with Crippen molar-refractivity contribution in [3.8, 4) is 0 Å². The van der Waals surface area contributed by atoms with E-state index in [2.05, 4.69) is 10.3 Å². The van der Waals surface area contributed by atoms with Crippen LogP contribution in [0.3, 0.4) is 0 Å². The van der Waals surface area contributed by atoms with E-state index < -0.39 is 11.7 Å². The highest BCUT2D eigenvalue weighted by atomic mass is 32.2. The summed E-state index contributed by atoms with van der Waals surface area (Å²) in [5.74, 6) is 2.67. The van der Waals surface area contributed by atoms with Gasteiger partial charge < -0.3 is 5.32 Å². The first-order valence-corrected chi connectivity index (χ1v) is 6.59. The molecule has 1 fully saturated rings. The maximum Gasteiger partial charge on any atom is 0.417 e. The Labute approximate surface area is 102 Å². The van der Waals surface area contributed by atoms with Gasteiger partial charge in [0.1, 0.15) is 5.82 Å². The van der Waals surface area contributed by atoms with Crippen molar-refractivity contribution in [2.45, 2.75) is 25.1 Å². The van der Waals surface area contributed by atoms with Crippen LogP contribution in [-0.2, 0) is 6.18 Å². The number of nitrogens with zero attached hydrogens (tertiary/aromatic N) is 1. The Morgan fingerprint density at radius 1 is 1.35 bits per heavy atom. The van der Waals surface area contributed by atoms with Crippen molar-refractivity contribution in [3.63, 3.8) is 0 Å². The molecule has 1 unspecified atom stereocenters. The summed E-state index contributed by atoms with van der Waals surface area (Å²) in [4.78, 5) is 3.80. The minimum atomic E-state index is -4.31. The van der Waals surface area contributed by atoms with Crippen LogP contribution in [0.4, 0.5) is 19.0 Å². The molecule has 1 aliphatic rings. The van der Waals surface area contributed by atoms with Crippen molar-refractivity contribution >= 4 is 17.6 Å². The van der Waals surface area contributed by atoms with Crippen LogP contribution in [0.5, 0.6) is 0 Å². The first-order valence-electron chi connectivity index (χ1n) is 5.43. The van der Waals surface area contributed by atoms with Crippen molar-refractivity contribution < 1.29 is 13.2 Å².